The summed E-state index contributed by atoms with van der Waals surface area (Å²) in [6, 6.07) is 28.6. The molecular formula is C24H20N6S2. The van der Waals surface area contributed by atoms with Crippen molar-refractivity contribution >= 4 is 23.5 Å². The third kappa shape index (κ3) is 3.72. The van der Waals surface area contributed by atoms with Crippen molar-refractivity contribution in [2.75, 3.05) is 12.5 Å². The van der Waals surface area contributed by atoms with Crippen molar-refractivity contribution in [3.05, 3.63) is 84.9 Å². The van der Waals surface area contributed by atoms with E-state index >= 15 is 0 Å². The summed E-state index contributed by atoms with van der Waals surface area (Å²) in [4.78, 5) is 0. The average Bonchev–Trinajstić information content (AvgIpc) is 3.49. The van der Waals surface area contributed by atoms with Crippen molar-refractivity contribution in [2.45, 2.75) is 10.3 Å². The van der Waals surface area contributed by atoms with Crippen LogP contribution in [0, 0.1) is 0 Å². The number of hydrogen-bond donors (Lipinski definition) is 0. The van der Waals surface area contributed by atoms with Gasteiger partial charge in [-0.05, 0) is 42.8 Å². The normalized spacial score (nSPS) is 11.1. The Morgan fingerprint density at radius 2 is 0.969 bits per heavy atom. The van der Waals surface area contributed by atoms with Gasteiger partial charge in [0.1, 0.15) is 0 Å². The van der Waals surface area contributed by atoms with E-state index in [2.05, 4.69) is 72.0 Å². The molecule has 0 aliphatic heterocycles. The Labute approximate surface area is 194 Å². The molecule has 0 atom stereocenters. The number of para-hydroxylation sites is 2. The van der Waals surface area contributed by atoms with Crippen molar-refractivity contribution in [2.24, 2.45) is 0 Å². The second kappa shape index (κ2) is 9.02. The average molecular weight is 457 g/mol. The van der Waals surface area contributed by atoms with E-state index in [0.29, 0.717) is 0 Å². The number of benzene rings is 3. The summed E-state index contributed by atoms with van der Waals surface area (Å²) in [7, 11) is 0. The zero-order valence-corrected chi connectivity index (χ0v) is 19.2. The van der Waals surface area contributed by atoms with Crippen LogP contribution in [0.4, 0.5) is 0 Å². The summed E-state index contributed by atoms with van der Waals surface area (Å²) in [5, 5.41) is 19.5. The molecule has 0 unspecified atom stereocenters. The molecule has 0 bridgehead atoms. The number of nitrogens with zero attached hydrogens (tertiary/aromatic N) is 6. The standard InChI is InChI=1S/C24H20N6S2/c1-31-23-27-25-21(29(23)19-12-5-3-6-13-19)17-10-9-11-18(16-17)22-26-28-24(32-2)30(22)20-14-7-4-8-15-20/h3-16H,1-2H3. The molecule has 8 heteroatoms. The smallest absolute Gasteiger partial charge is 0.195 e. The van der Waals surface area contributed by atoms with E-state index in [0.717, 1.165) is 44.5 Å². The van der Waals surface area contributed by atoms with Crippen LogP contribution in [0.3, 0.4) is 0 Å². The van der Waals surface area contributed by atoms with Gasteiger partial charge in [0.15, 0.2) is 22.0 Å². The van der Waals surface area contributed by atoms with Gasteiger partial charge in [-0.25, -0.2) is 0 Å². The molecule has 6 nitrogen and oxygen atoms in total. The van der Waals surface area contributed by atoms with Gasteiger partial charge < -0.3 is 0 Å². The zero-order valence-electron chi connectivity index (χ0n) is 17.6. The number of aromatic nitrogens is 6. The molecule has 2 heterocycles. The molecule has 0 spiro atoms. The molecule has 0 aliphatic rings. The molecule has 0 amide bonds. The largest absolute Gasteiger partial charge is 0.270 e. The summed E-state index contributed by atoms with van der Waals surface area (Å²) in [6.07, 6.45) is 4.02. The lowest BCUT2D eigenvalue weighted by Crippen LogP contribution is -2.01. The Hall–Kier alpha value is -3.36. The second-order valence-corrected chi connectivity index (χ2v) is 8.49. The highest BCUT2D eigenvalue weighted by molar-refractivity contribution is 7.98. The van der Waals surface area contributed by atoms with Crippen LogP contribution in [0.1, 0.15) is 0 Å². The van der Waals surface area contributed by atoms with E-state index in [9.17, 15) is 0 Å². The first-order chi connectivity index (χ1) is 15.8. The molecule has 0 radical (unpaired) electrons. The second-order valence-electron chi connectivity index (χ2n) is 6.94. The predicted octanol–water partition coefficient (Wildman–Crippen LogP) is 5.63. The van der Waals surface area contributed by atoms with E-state index in [1.165, 1.54) is 0 Å². The highest BCUT2D eigenvalue weighted by Crippen LogP contribution is 2.31. The maximum atomic E-state index is 4.52. The van der Waals surface area contributed by atoms with Gasteiger partial charge in [0.2, 0.25) is 0 Å². The lowest BCUT2D eigenvalue weighted by molar-refractivity contribution is 0.888. The molecule has 0 saturated carbocycles. The van der Waals surface area contributed by atoms with Crippen LogP contribution in [-0.2, 0) is 0 Å². The van der Waals surface area contributed by atoms with Crippen molar-refractivity contribution in [3.63, 3.8) is 0 Å². The van der Waals surface area contributed by atoms with Gasteiger partial charge in [0.25, 0.3) is 0 Å². The third-order valence-electron chi connectivity index (χ3n) is 5.04. The van der Waals surface area contributed by atoms with Crippen LogP contribution in [0.5, 0.6) is 0 Å². The molecule has 0 aliphatic carbocycles. The van der Waals surface area contributed by atoms with Gasteiger partial charge in [-0.2, -0.15) is 0 Å². The van der Waals surface area contributed by atoms with Crippen LogP contribution in [-0.4, -0.2) is 42.0 Å². The van der Waals surface area contributed by atoms with Crippen LogP contribution < -0.4 is 0 Å². The Morgan fingerprint density at radius 3 is 1.38 bits per heavy atom. The van der Waals surface area contributed by atoms with Crippen LogP contribution in [0.25, 0.3) is 34.2 Å². The monoisotopic (exact) mass is 456 g/mol. The molecule has 5 rings (SSSR count). The molecule has 32 heavy (non-hydrogen) atoms. The van der Waals surface area contributed by atoms with Crippen molar-refractivity contribution < 1.29 is 0 Å². The van der Waals surface area contributed by atoms with Gasteiger partial charge in [0, 0.05) is 22.5 Å². The highest BCUT2D eigenvalue weighted by atomic mass is 32.2. The minimum Gasteiger partial charge on any atom is -0.270 e. The predicted molar refractivity (Wildman–Crippen MR) is 131 cm³/mol. The number of thioether (sulfide) groups is 2. The van der Waals surface area contributed by atoms with Gasteiger partial charge in [-0.15, -0.1) is 20.4 Å². The Kier molecular flexibility index (Phi) is 5.79. The lowest BCUT2D eigenvalue weighted by Gasteiger charge is -2.11. The first kappa shape index (κ1) is 20.5. The molecule has 3 aromatic carbocycles. The molecule has 2 aromatic heterocycles. The highest BCUT2D eigenvalue weighted by Gasteiger charge is 2.18. The number of hydrogen-bond acceptors (Lipinski definition) is 6. The Bertz CT molecular complexity index is 1240. The van der Waals surface area contributed by atoms with Crippen LogP contribution in [0.15, 0.2) is 95.2 Å². The molecular weight excluding hydrogens is 436 g/mol. The molecule has 0 saturated heterocycles. The number of rotatable bonds is 6. The Morgan fingerprint density at radius 1 is 0.531 bits per heavy atom. The van der Waals surface area contributed by atoms with E-state index in [1.807, 2.05) is 55.0 Å². The summed E-state index contributed by atoms with van der Waals surface area (Å²) >= 11 is 3.15. The molecule has 5 aromatic rings. The van der Waals surface area contributed by atoms with E-state index in [4.69, 9.17) is 0 Å². The van der Waals surface area contributed by atoms with Crippen LogP contribution >= 0.6 is 23.5 Å². The summed E-state index contributed by atoms with van der Waals surface area (Å²) in [5.41, 5.74) is 3.98. The Balaban J connectivity index is 1.65. The van der Waals surface area contributed by atoms with Gasteiger partial charge in [0.05, 0.1) is 0 Å². The summed E-state index contributed by atoms with van der Waals surface area (Å²) in [6.45, 7) is 0. The lowest BCUT2D eigenvalue weighted by atomic mass is 10.1. The van der Waals surface area contributed by atoms with Gasteiger partial charge in [-0.1, -0.05) is 78.1 Å². The van der Waals surface area contributed by atoms with Crippen molar-refractivity contribution in [1.82, 2.24) is 29.5 Å². The fourth-order valence-electron chi connectivity index (χ4n) is 3.60. The topological polar surface area (TPSA) is 61.4 Å². The minimum atomic E-state index is 0.790. The van der Waals surface area contributed by atoms with Crippen LogP contribution in [0.2, 0.25) is 0 Å². The zero-order chi connectivity index (χ0) is 21.9. The molecule has 0 N–H and O–H groups in total. The van der Waals surface area contributed by atoms with E-state index in [1.54, 1.807) is 23.5 Å². The maximum absolute atomic E-state index is 4.52. The molecule has 158 valence electrons. The van der Waals surface area contributed by atoms with Gasteiger partial charge >= 0.3 is 0 Å². The fourth-order valence-corrected chi connectivity index (χ4v) is 4.59. The quantitative estimate of drug-likeness (QED) is 0.309. The summed E-state index contributed by atoms with van der Waals surface area (Å²) in [5.74, 6) is 1.58. The van der Waals surface area contributed by atoms with Crippen molar-refractivity contribution in [1.29, 1.82) is 0 Å². The van der Waals surface area contributed by atoms with Crippen molar-refractivity contribution in [3.8, 4) is 34.2 Å². The van der Waals surface area contributed by atoms with E-state index < -0.39 is 0 Å². The van der Waals surface area contributed by atoms with Gasteiger partial charge in [-0.3, -0.25) is 9.13 Å². The third-order valence-corrected chi connectivity index (χ3v) is 6.30. The van der Waals surface area contributed by atoms with E-state index in [-0.39, 0.29) is 0 Å². The molecule has 0 fully saturated rings. The SMILES string of the molecule is CSc1nnc(-c2cccc(-c3nnc(SC)n3-c3ccccc3)c2)n1-c1ccccc1. The fraction of sp³-hybridized carbons (Fsp3) is 0.0833. The first-order valence-electron chi connectivity index (χ1n) is 10.0. The minimum absolute atomic E-state index is 0.790. The maximum Gasteiger partial charge on any atom is 0.195 e. The summed E-state index contributed by atoms with van der Waals surface area (Å²) < 4.78 is 4.16. The first-order valence-corrected chi connectivity index (χ1v) is 12.5.